The molecular weight excluding hydrogens is 318 g/mol. The van der Waals surface area contributed by atoms with E-state index in [4.69, 9.17) is 0 Å². The van der Waals surface area contributed by atoms with Gasteiger partial charge in [-0.25, -0.2) is 4.98 Å². The minimum absolute atomic E-state index is 0.155. The third-order valence-corrected chi connectivity index (χ3v) is 6.25. The van der Waals surface area contributed by atoms with Gasteiger partial charge in [0.2, 0.25) is 5.91 Å². The summed E-state index contributed by atoms with van der Waals surface area (Å²) in [6.07, 6.45) is 7.21. The number of aromatic nitrogens is 2. The van der Waals surface area contributed by atoms with Crippen molar-refractivity contribution in [3.8, 4) is 0 Å². The van der Waals surface area contributed by atoms with Gasteiger partial charge in [-0.15, -0.1) is 0 Å². The molecule has 2 atom stereocenters. The smallest absolute Gasteiger partial charge is 0.250 e. The standard InChI is InChI=1S/C18H27N5O2/c24-16-7-14(21-12-22-16)5-6-20-17(25)18-10-19-8-13(18)9-23(11-18)15-3-1-2-4-15/h7,12-13,15,19H,1-6,8-11H2,(H,20,25)(H,21,22,24)/t13-,18-/m1/s1. The number of amides is 1. The van der Waals surface area contributed by atoms with Crippen LogP contribution in [0.2, 0.25) is 0 Å². The second kappa shape index (κ2) is 6.88. The lowest BCUT2D eigenvalue weighted by Crippen LogP contribution is -2.48. The van der Waals surface area contributed by atoms with Gasteiger partial charge >= 0.3 is 0 Å². The predicted molar refractivity (Wildman–Crippen MR) is 94.2 cm³/mol. The van der Waals surface area contributed by atoms with E-state index in [9.17, 15) is 9.59 Å². The molecule has 1 aromatic heterocycles. The van der Waals surface area contributed by atoms with Crippen LogP contribution in [0.15, 0.2) is 17.2 Å². The lowest BCUT2D eigenvalue weighted by molar-refractivity contribution is -0.130. The summed E-state index contributed by atoms with van der Waals surface area (Å²) >= 11 is 0. The van der Waals surface area contributed by atoms with Gasteiger partial charge in [-0.3, -0.25) is 14.5 Å². The number of H-pyrrole nitrogens is 1. The number of hydrogen-bond acceptors (Lipinski definition) is 5. The van der Waals surface area contributed by atoms with E-state index in [1.807, 2.05) is 0 Å². The number of carbonyl (C=O) groups excluding carboxylic acids is 1. The van der Waals surface area contributed by atoms with Gasteiger partial charge in [-0.05, 0) is 12.8 Å². The SMILES string of the molecule is O=C(NCCc1cc(=O)[nH]cn1)[C@@]12CNC[C@@H]1CN(C1CCCC1)C2. The third kappa shape index (κ3) is 3.22. The molecule has 0 spiro atoms. The lowest BCUT2D eigenvalue weighted by Gasteiger charge is -2.29. The van der Waals surface area contributed by atoms with E-state index in [1.54, 1.807) is 0 Å². The highest BCUT2D eigenvalue weighted by Crippen LogP contribution is 2.42. The first-order chi connectivity index (χ1) is 12.2. The van der Waals surface area contributed by atoms with Crippen molar-refractivity contribution in [3.05, 3.63) is 28.4 Å². The zero-order valence-corrected chi connectivity index (χ0v) is 14.6. The molecule has 1 saturated carbocycles. The number of fused-ring (bicyclic) bond motifs is 1. The summed E-state index contributed by atoms with van der Waals surface area (Å²) < 4.78 is 0. The van der Waals surface area contributed by atoms with Crippen molar-refractivity contribution in [2.24, 2.45) is 11.3 Å². The maximum absolute atomic E-state index is 13.0. The minimum Gasteiger partial charge on any atom is -0.355 e. The zero-order chi connectivity index (χ0) is 17.3. The second-order valence-electron chi connectivity index (χ2n) is 7.76. The molecule has 1 amide bonds. The van der Waals surface area contributed by atoms with Crippen LogP contribution in [0.1, 0.15) is 31.4 Å². The summed E-state index contributed by atoms with van der Waals surface area (Å²) in [5.41, 5.74) is 0.268. The van der Waals surface area contributed by atoms with Gasteiger partial charge < -0.3 is 15.6 Å². The third-order valence-electron chi connectivity index (χ3n) is 6.25. The topological polar surface area (TPSA) is 90.1 Å². The van der Waals surface area contributed by atoms with Crippen molar-refractivity contribution in [1.82, 2.24) is 25.5 Å². The monoisotopic (exact) mass is 345 g/mol. The van der Waals surface area contributed by atoms with Crippen LogP contribution in [0.25, 0.3) is 0 Å². The highest BCUT2D eigenvalue weighted by molar-refractivity contribution is 5.84. The van der Waals surface area contributed by atoms with Crippen molar-refractivity contribution < 1.29 is 4.79 Å². The Hall–Kier alpha value is -1.73. The number of rotatable bonds is 5. The number of carbonyl (C=O) groups is 1. The summed E-state index contributed by atoms with van der Waals surface area (Å²) in [5.74, 6) is 0.568. The van der Waals surface area contributed by atoms with E-state index in [1.165, 1.54) is 38.1 Å². The van der Waals surface area contributed by atoms with Crippen molar-refractivity contribution in [2.75, 3.05) is 32.7 Å². The molecule has 1 aromatic rings. The Morgan fingerprint density at radius 3 is 3.04 bits per heavy atom. The van der Waals surface area contributed by atoms with Crippen LogP contribution in [0.3, 0.4) is 0 Å². The molecule has 0 radical (unpaired) electrons. The fourth-order valence-corrected chi connectivity index (χ4v) is 4.85. The van der Waals surface area contributed by atoms with E-state index in [0.29, 0.717) is 30.6 Å². The highest BCUT2D eigenvalue weighted by Gasteiger charge is 2.55. The molecule has 25 heavy (non-hydrogen) atoms. The van der Waals surface area contributed by atoms with Gasteiger partial charge in [-0.2, -0.15) is 0 Å². The Balaban J connectivity index is 1.37. The van der Waals surface area contributed by atoms with Crippen molar-refractivity contribution in [2.45, 2.75) is 38.1 Å². The molecule has 7 nitrogen and oxygen atoms in total. The molecule has 0 unspecified atom stereocenters. The average molecular weight is 345 g/mol. The van der Waals surface area contributed by atoms with E-state index in [2.05, 4.69) is 25.5 Å². The van der Waals surface area contributed by atoms with Gasteiger partial charge in [0.25, 0.3) is 5.56 Å². The fourth-order valence-electron chi connectivity index (χ4n) is 4.85. The Kier molecular flexibility index (Phi) is 4.60. The molecule has 1 aliphatic carbocycles. The van der Waals surface area contributed by atoms with Gasteiger partial charge in [0.05, 0.1) is 11.7 Å². The number of hydrogen-bond donors (Lipinski definition) is 3. The number of likely N-dealkylation sites (tertiary alicyclic amines) is 1. The maximum Gasteiger partial charge on any atom is 0.250 e. The first-order valence-corrected chi connectivity index (χ1v) is 9.44. The van der Waals surface area contributed by atoms with Crippen LogP contribution < -0.4 is 16.2 Å². The van der Waals surface area contributed by atoms with Gasteiger partial charge in [-0.1, -0.05) is 12.8 Å². The minimum atomic E-state index is -0.288. The van der Waals surface area contributed by atoms with E-state index in [-0.39, 0.29) is 16.9 Å². The largest absolute Gasteiger partial charge is 0.355 e. The average Bonchev–Trinajstić information content (AvgIpc) is 3.30. The summed E-state index contributed by atoms with van der Waals surface area (Å²) in [4.78, 5) is 33.5. The zero-order valence-electron chi connectivity index (χ0n) is 14.6. The summed E-state index contributed by atoms with van der Waals surface area (Å²) in [5, 5.41) is 6.54. The van der Waals surface area contributed by atoms with E-state index >= 15 is 0 Å². The molecule has 3 heterocycles. The van der Waals surface area contributed by atoms with E-state index in [0.717, 1.165) is 26.2 Å². The fraction of sp³-hybridized carbons (Fsp3) is 0.722. The first-order valence-electron chi connectivity index (χ1n) is 9.44. The molecule has 0 aromatic carbocycles. The molecule has 2 saturated heterocycles. The molecule has 136 valence electrons. The van der Waals surface area contributed by atoms with Crippen LogP contribution >= 0.6 is 0 Å². The Morgan fingerprint density at radius 2 is 2.24 bits per heavy atom. The van der Waals surface area contributed by atoms with Gasteiger partial charge in [0.1, 0.15) is 0 Å². The van der Waals surface area contributed by atoms with Crippen LogP contribution in [-0.4, -0.2) is 59.5 Å². The maximum atomic E-state index is 13.0. The Morgan fingerprint density at radius 1 is 1.40 bits per heavy atom. The summed E-state index contributed by atoms with van der Waals surface area (Å²) in [7, 11) is 0. The molecule has 7 heteroatoms. The molecule has 4 rings (SSSR count). The molecular formula is C18H27N5O2. The highest BCUT2D eigenvalue weighted by atomic mass is 16.2. The Labute approximate surface area is 147 Å². The quantitative estimate of drug-likeness (QED) is 0.693. The van der Waals surface area contributed by atoms with Crippen LogP contribution in [0, 0.1) is 11.3 Å². The van der Waals surface area contributed by atoms with E-state index < -0.39 is 0 Å². The number of nitrogens with one attached hydrogen (secondary N) is 3. The number of nitrogens with zero attached hydrogens (tertiary/aromatic N) is 2. The normalized spacial score (nSPS) is 29.8. The molecule has 2 aliphatic heterocycles. The van der Waals surface area contributed by atoms with Crippen molar-refractivity contribution >= 4 is 5.91 Å². The van der Waals surface area contributed by atoms with Crippen LogP contribution in [0.5, 0.6) is 0 Å². The van der Waals surface area contributed by atoms with Crippen LogP contribution in [0.4, 0.5) is 0 Å². The lowest BCUT2D eigenvalue weighted by atomic mass is 9.80. The predicted octanol–water partition coefficient (Wildman–Crippen LogP) is -0.107. The Bertz CT molecular complexity index is 684. The van der Waals surface area contributed by atoms with Crippen molar-refractivity contribution in [3.63, 3.8) is 0 Å². The van der Waals surface area contributed by atoms with Crippen LogP contribution in [-0.2, 0) is 11.2 Å². The molecule has 3 fully saturated rings. The van der Waals surface area contributed by atoms with Gasteiger partial charge in [0, 0.05) is 62.9 Å². The first kappa shape index (κ1) is 16.7. The summed E-state index contributed by atoms with van der Waals surface area (Å²) in [6, 6.07) is 2.16. The summed E-state index contributed by atoms with van der Waals surface area (Å²) in [6.45, 7) is 4.15. The van der Waals surface area contributed by atoms with Crippen molar-refractivity contribution in [1.29, 1.82) is 0 Å². The number of aromatic amines is 1. The van der Waals surface area contributed by atoms with Gasteiger partial charge in [0.15, 0.2) is 0 Å². The molecule has 3 aliphatic rings. The molecule has 0 bridgehead atoms. The molecule has 3 N–H and O–H groups in total. The second-order valence-corrected chi connectivity index (χ2v) is 7.76.